The van der Waals surface area contributed by atoms with Crippen molar-refractivity contribution in [2.75, 3.05) is 6.16 Å². The molecule has 3 nitrogen and oxygen atoms in total. The SMILES string of the molecule is N#CCC[P+](O)(O)Cl. The summed E-state index contributed by atoms with van der Waals surface area (Å²) in [6.07, 6.45) is 0.0926. The number of hydrogen-bond acceptors (Lipinski definition) is 3. The van der Waals surface area contributed by atoms with Crippen molar-refractivity contribution >= 4 is 18.3 Å². The Bertz CT molecular complexity index is 105. The van der Waals surface area contributed by atoms with Crippen LogP contribution in [0, 0.1) is 11.3 Å². The lowest BCUT2D eigenvalue weighted by Crippen LogP contribution is -1.86. The molecule has 0 aromatic heterocycles. The second-order valence-corrected chi connectivity index (χ2v) is 4.63. The quantitative estimate of drug-likeness (QED) is 0.581. The van der Waals surface area contributed by atoms with Gasteiger partial charge in [0.25, 0.3) is 0 Å². The van der Waals surface area contributed by atoms with E-state index in [9.17, 15) is 0 Å². The van der Waals surface area contributed by atoms with Crippen molar-refractivity contribution in [2.45, 2.75) is 6.42 Å². The smallest absolute Gasteiger partial charge is 0.203 e. The summed E-state index contributed by atoms with van der Waals surface area (Å²) >= 11 is 4.98. The van der Waals surface area contributed by atoms with Crippen LogP contribution >= 0.6 is 18.3 Å². The van der Waals surface area contributed by atoms with Crippen molar-refractivity contribution < 1.29 is 9.79 Å². The maximum absolute atomic E-state index is 8.43. The van der Waals surface area contributed by atoms with E-state index in [0.717, 1.165) is 0 Å². The van der Waals surface area contributed by atoms with Gasteiger partial charge in [0.05, 0.1) is 12.5 Å². The molecule has 0 heterocycles. The second-order valence-electron chi connectivity index (χ2n) is 1.27. The van der Waals surface area contributed by atoms with Gasteiger partial charge in [-0.3, -0.25) is 0 Å². The predicted octanol–water partition coefficient (Wildman–Crippen LogP) is 0.886. The van der Waals surface area contributed by atoms with Gasteiger partial charge in [-0.1, -0.05) is 0 Å². The van der Waals surface area contributed by atoms with E-state index in [1.54, 1.807) is 6.07 Å². The number of halogens is 1. The summed E-state index contributed by atoms with van der Waals surface area (Å²) in [5.41, 5.74) is 0. The molecule has 0 fully saturated rings. The average molecular weight is 155 g/mol. The fourth-order valence-corrected chi connectivity index (χ4v) is 0.830. The van der Waals surface area contributed by atoms with Crippen LogP contribution < -0.4 is 0 Å². The number of hydrogen-bond donors (Lipinski definition) is 2. The molecule has 0 aliphatic carbocycles. The number of nitrogens with zero attached hydrogens (tertiary/aromatic N) is 1. The van der Waals surface area contributed by atoms with E-state index in [4.69, 9.17) is 26.3 Å². The van der Waals surface area contributed by atoms with Gasteiger partial charge in [0.15, 0.2) is 11.2 Å². The minimum Gasteiger partial charge on any atom is -0.203 e. The van der Waals surface area contributed by atoms with Crippen LogP contribution in [0.15, 0.2) is 0 Å². The van der Waals surface area contributed by atoms with Crippen LogP contribution in [0.4, 0.5) is 0 Å². The van der Waals surface area contributed by atoms with Crippen LogP contribution in [0.1, 0.15) is 6.42 Å². The number of rotatable bonds is 2. The van der Waals surface area contributed by atoms with E-state index in [1.807, 2.05) is 0 Å². The highest BCUT2D eigenvalue weighted by Crippen LogP contribution is 2.55. The molecule has 0 atom stereocenters. The lowest BCUT2D eigenvalue weighted by atomic mass is 10.6. The van der Waals surface area contributed by atoms with Gasteiger partial charge in [-0.2, -0.15) is 5.26 Å². The van der Waals surface area contributed by atoms with Crippen molar-refractivity contribution in [3.05, 3.63) is 0 Å². The Kier molecular flexibility index (Phi) is 3.27. The zero-order valence-corrected chi connectivity index (χ0v) is 5.73. The maximum atomic E-state index is 8.43. The Labute approximate surface area is 52.8 Å². The topological polar surface area (TPSA) is 64.2 Å². The van der Waals surface area contributed by atoms with E-state index in [1.165, 1.54) is 0 Å². The Morgan fingerprint density at radius 1 is 1.62 bits per heavy atom. The molecular formula is C3H6ClNO2P+. The zero-order valence-electron chi connectivity index (χ0n) is 4.08. The minimum atomic E-state index is -3.18. The molecule has 46 valence electrons. The van der Waals surface area contributed by atoms with Crippen LogP contribution in [-0.2, 0) is 0 Å². The van der Waals surface area contributed by atoms with E-state index >= 15 is 0 Å². The van der Waals surface area contributed by atoms with Gasteiger partial charge >= 0.3 is 7.07 Å². The standard InChI is InChI=1S/C3H6ClNO2P/c4-8(6,7)3-1-2-5/h6-7H,1,3H2/q+1. The third-order valence-corrected chi connectivity index (χ3v) is 1.81. The molecule has 0 aliphatic heterocycles. The zero-order chi connectivity index (χ0) is 6.62. The summed E-state index contributed by atoms with van der Waals surface area (Å²) in [7, 11) is -3.18. The van der Waals surface area contributed by atoms with Crippen molar-refractivity contribution in [2.24, 2.45) is 0 Å². The molecular weight excluding hydrogens is 148 g/mol. The van der Waals surface area contributed by atoms with Gasteiger partial charge in [0, 0.05) is 0 Å². The normalized spacial score (nSPS) is 10.8. The highest BCUT2D eigenvalue weighted by atomic mass is 35.7. The average Bonchev–Trinajstić information content (AvgIpc) is 1.59. The fourth-order valence-electron chi connectivity index (χ4n) is 0.192. The summed E-state index contributed by atoms with van der Waals surface area (Å²) < 4.78 is 0. The molecule has 0 spiro atoms. The van der Waals surface area contributed by atoms with Crippen LogP contribution in [0.25, 0.3) is 0 Å². The molecule has 2 N–H and O–H groups in total. The van der Waals surface area contributed by atoms with Crippen molar-refractivity contribution in [3.8, 4) is 6.07 Å². The van der Waals surface area contributed by atoms with Gasteiger partial charge in [0.2, 0.25) is 0 Å². The molecule has 0 aromatic rings. The Morgan fingerprint density at radius 2 is 2.12 bits per heavy atom. The van der Waals surface area contributed by atoms with Gasteiger partial charge in [0.1, 0.15) is 6.16 Å². The molecule has 0 radical (unpaired) electrons. The van der Waals surface area contributed by atoms with Gasteiger partial charge in [-0.25, -0.2) is 9.79 Å². The van der Waals surface area contributed by atoms with Crippen LogP contribution in [0.3, 0.4) is 0 Å². The molecule has 5 heteroatoms. The molecule has 0 rings (SSSR count). The monoisotopic (exact) mass is 154 g/mol. The summed E-state index contributed by atoms with van der Waals surface area (Å²) in [5.74, 6) is 0. The van der Waals surface area contributed by atoms with Crippen molar-refractivity contribution in [1.29, 1.82) is 5.26 Å². The van der Waals surface area contributed by atoms with Crippen LogP contribution in [-0.4, -0.2) is 15.9 Å². The molecule has 0 bridgehead atoms. The Balaban J connectivity index is 3.28. The summed E-state index contributed by atoms with van der Waals surface area (Å²) in [6, 6.07) is 1.75. The summed E-state index contributed by atoms with van der Waals surface area (Å²) in [4.78, 5) is 16.9. The largest absolute Gasteiger partial charge is 0.366 e. The van der Waals surface area contributed by atoms with E-state index < -0.39 is 7.07 Å². The van der Waals surface area contributed by atoms with Crippen LogP contribution in [0.2, 0.25) is 0 Å². The highest BCUT2D eigenvalue weighted by molar-refractivity contribution is 7.90. The maximum Gasteiger partial charge on any atom is 0.366 e. The van der Waals surface area contributed by atoms with Crippen LogP contribution in [0.5, 0.6) is 0 Å². The van der Waals surface area contributed by atoms with Gasteiger partial charge in [-0.05, 0) is 0 Å². The number of nitriles is 1. The molecule has 0 saturated carbocycles. The lowest BCUT2D eigenvalue weighted by molar-refractivity contribution is 0.473. The van der Waals surface area contributed by atoms with Crippen molar-refractivity contribution in [1.82, 2.24) is 0 Å². The molecule has 0 unspecified atom stereocenters. The Hall–Kier alpha value is 0.130. The molecule has 0 aromatic carbocycles. The first-order valence-corrected chi connectivity index (χ1v) is 4.75. The van der Waals surface area contributed by atoms with Gasteiger partial charge in [-0.15, -0.1) is 0 Å². The third kappa shape index (κ3) is 6.13. The first-order valence-electron chi connectivity index (χ1n) is 1.96. The van der Waals surface area contributed by atoms with E-state index in [0.29, 0.717) is 0 Å². The van der Waals surface area contributed by atoms with Crippen molar-refractivity contribution in [3.63, 3.8) is 0 Å². The molecule has 0 saturated heterocycles. The molecule has 0 amide bonds. The summed E-state index contributed by atoms with van der Waals surface area (Å²) in [6.45, 7) is 0. The predicted molar refractivity (Wildman–Crippen MR) is 32.3 cm³/mol. The molecule has 0 aliphatic rings. The fraction of sp³-hybridized carbons (Fsp3) is 0.667. The first-order chi connectivity index (χ1) is 3.56. The lowest BCUT2D eigenvalue weighted by Gasteiger charge is -1.95. The second kappa shape index (κ2) is 3.21. The Morgan fingerprint density at radius 3 is 2.25 bits per heavy atom. The summed E-state index contributed by atoms with van der Waals surface area (Å²) in [5, 5.41) is 7.92. The minimum absolute atomic E-state index is 0.00887. The van der Waals surface area contributed by atoms with E-state index in [2.05, 4.69) is 0 Å². The third-order valence-electron chi connectivity index (χ3n) is 0.508. The van der Waals surface area contributed by atoms with Gasteiger partial charge < -0.3 is 0 Å². The molecule has 8 heavy (non-hydrogen) atoms. The first kappa shape index (κ1) is 8.13. The highest BCUT2D eigenvalue weighted by Gasteiger charge is 2.28. The van der Waals surface area contributed by atoms with E-state index in [-0.39, 0.29) is 12.6 Å².